The number of carbonyl (C=O) groups is 1. The van der Waals surface area contributed by atoms with Crippen LogP contribution in [0.2, 0.25) is 0 Å². The lowest BCUT2D eigenvalue weighted by atomic mass is 9.88. The van der Waals surface area contributed by atoms with Crippen LogP contribution in [0.1, 0.15) is 17.5 Å². The lowest BCUT2D eigenvalue weighted by Gasteiger charge is -2.25. The predicted molar refractivity (Wildman–Crippen MR) is 77.0 cm³/mol. The van der Waals surface area contributed by atoms with Crippen molar-refractivity contribution in [2.75, 3.05) is 5.73 Å². The highest BCUT2D eigenvalue weighted by atomic mass is 16.2. The van der Waals surface area contributed by atoms with E-state index in [2.05, 4.69) is 34.7 Å². The molecule has 0 bridgehead atoms. The van der Waals surface area contributed by atoms with Crippen molar-refractivity contribution in [2.45, 2.75) is 31.8 Å². The lowest BCUT2D eigenvalue weighted by Crippen LogP contribution is -2.40. The molecule has 104 valence electrons. The number of nitrogens with one attached hydrogen (secondary N) is 1. The zero-order chi connectivity index (χ0) is 13.9. The minimum atomic E-state index is -0.0162. The van der Waals surface area contributed by atoms with Crippen molar-refractivity contribution in [3.05, 3.63) is 47.8 Å². The first-order chi connectivity index (χ1) is 9.70. The Balaban J connectivity index is 1.58. The zero-order valence-electron chi connectivity index (χ0n) is 11.2. The molecule has 1 aliphatic rings. The highest BCUT2D eigenvalue weighted by Crippen LogP contribution is 2.20. The molecule has 1 unspecified atom stereocenters. The lowest BCUT2D eigenvalue weighted by molar-refractivity contribution is -0.122. The largest absolute Gasteiger partial charge is 0.396 e. The van der Waals surface area contributed by atoms with E-state index in [1.165, 1.54) is 11.1 Å². The molecule has 3 N–H and O–H groups in total. The Hall–Kier alpha value is -2.30. The van der Waals surface area contributed by atoms with Gasteiger partial charge in [0.15, 0.2) is 0 Å². The molecule has 20 heavy (non-hydrogen) atoms. The van der Waals surface area contributed by atoms with Crippen molar-refractivity contribution in [2.24, 2.45) is 0 Å². The second kappa shape index (κ2) is 5.36. The number of hydrogen-bond donors (Lipinski definition) is 2. The van der Waals surface area contributed by atoms with Gasteiger partial charge >= 0.3 is 0 Å². The van der Waals surface area contributed by atoms with Crippen LogP contribution < -0.4 is 11.1 Å². The quantitative estimate of drug-likeness (QED) is 0.878. The van der Waals surface area contributed by atoms with E-state index in [1.54, 1.807) is 17.1 Å². The number of aromatic nitrogens is 2. The van der Waals surface area contributed by atoms with Crippen molar-refractivity contribution < 1.29 is 4.79 Å². The molecule has 0 aliphatic heterocycles. The Morgan fingerprint density at radius 3 is 2.95 bits per heavy atom. The minimum Gasteiger partial charge on any atom is -0.396 e. The van der Waals surface area contributed by atoms with Crippen LogP contribution in [0.3, 0.4) is 0 Å². The van der Waals surface area contributed by atoms with Gasteiger partial charge in [0.2, 0.25) is 5.91 Å². The molecule has 1 aromatic heterocycles. The topological polar surface area (TPSA) is 72.9 Å². The summed E-state index contributed by atoms with van der Waals surface area (Å²) in [5, 5.41) is 7.09. The SMILES string of the molecule is Nc1cnn(CC(=O)NC2CCc3ccccc3C2)c1. The molecule has 3 rings (SSSR count). The van der Waals surface area contributed by atoms with Gasteiger partial charge in [-0.1, -0.05) is 24.3 Å². The van der Waals surface area contributed by atoms with Crippen molar-refractivity contribution in [1.29, 1.82) is 0 Å². The Bertz CT molecular complexity index is 620. The molecule has 0 fully saturated rings. The summed E-state index contributed by atoms with van der Waals surface area (Å²) in [6.45, 7) is 0.218. The summed E-state index contributed by atoms with van der Waals surface area (Å²) in [5.74, 6) is -0.0162. The molecule has 0 saturated heterocycles. The number of anilines is 1. The Morgan fingerprint density at radius 1 is 1.40 bits per heavy atom. The molecule has 1 amide bonds. The van der Waals surface area contributed by atoms with Crippen molar-refractivity contribution in [3.8, 4) is 0 Å². The number of carbonyl (C=O) groups excluding carboxylic acids is 1. The van der Waals surface area contributed by atoms with Crippen LogP contribution in [-0.2, 0) is 24.2 Å². The number of hydrogen-bond acceptors (Lipinski definition) is 3. The van der Waals surface area contributed by atoms with Gasteiger partial charge in [-0.3, -0.25) is 9.48 Å². The van der Waals surface area contributed by atoms with Gasteiger partial charge in [-0.05, 0) is 30.4 Å². The van der Waals surface area contributed by atoms with Gasteiger partial charge in [0.05, 0.1) is 11.9 Å². The van der Waals surface area contributed by atoms with E-state index in [0.717, 1.165) is 19.3 Å². The van der Waals surface area contributed by atoms with Gasteiger partial charge < -0.3 is 11.1 Å². The van der Waals surface area contributed by atoms with E-state index in [9.17, 15) is 4.79 Å². The van der Waals surface area contributed by atoms with Crippen molar-refractivity contribution in [3.63, 3.8) is 0 Å². The average Bonchev–Trinajstić information content (AvgIpc) is 2.83. The molecule has 1 heterocycles. The Labute approximate surface area is 117 Å². The molecular formula is C15H18N4O. The first-order valence-corrected chi connectivity index (χ1v) is 6.85. The number of nitrogens with two attached hydrogens (primary N) is 1. The van der Waals surface area contributed by atoms with Crippen LogP contribution in [0.5, 0.6) is 0 Å². The van der Waals surface area contributed by atoms with Crippen LogP contribution in [0.25, 0.3) is 0 Å². The molecule has 0 radical (unpaired) electrons. The number of nitrogens with zero attached hydrogens (tertiary/aromatic N) is 2. The van der Waals surface area contributed by atoms with Gasteiger partial charge in [-0.25, -0.2) is 0 Å². The fraction of sp³-hybridized carbons (Fsp3) is 0.333. The third-order valence-corrected chi connectivity index (χ3v) is 3.67. The number of fused-ring (bicyclic) bond motifs is 1. The number of benzene rings is 1. The number of amides is 1. The first kappa shape index (κ1) is 12.7. The van der Waals surface area contributed by atoms with Crippen LogP contribution in [0, 0.1) is 0 Å². The fourth-order valence-electron chi connectivity index (χ4n) is 2.71. The molecular weight excluding hydrogens is 252 g/mol. The van der Waals surface area contributed by atoms with Gasteiger partial charge in [-0.15, -0.1) is 0 Å². The number of aryl methyl sites for hydroxylation is 1. The summed E-state index contributed by atoms with van der Waals surface area (Å²) >= 11 is 0. The monoisotopic (exact) mass is 270 g/mol. The van der Waals surface area contributed by atoms with Crippen LogP contribution in [-0.4, -0.2) is 21.7 Å². The second-order valence-corrected chi connectivity index (χ2v) is 5.25. The van der Waals surface area contributed by atoms with E-state index in [1.807, 2.05) is 0 Å². The van der Waals surface area contributed by atoms with E-state index < -0.39 is 0 Å². The van der Waals surface area contributed by atoms with Gasteiger partial charge in [-0.2, -0.15) is 5.10 Å². The van der Waals surface area contributed by atoms with Crippen LogP contribution in [0.15, 0.2) is 36.7 Å². The smallest absolute Gasteiger partial charge is 0.241 e. The minimum absolute atomic E-state index is 0.0162. The molecule has 0 spiro atoms. The highest BCUT2D eigenvalue weighted by molar-refractivity contribution is 5.76. The van der Waals surface area contributed by atoms with E-state index in [-0.39, 0.29) is 18.5 Å². The number of nitrogen functional groups attached to an aromatic ring is 1. The maximum absolute atomic E-state index is 12.0. The summed E-state index contributed by atoms with van der Waals surface area (Å²) in [7, 11) is 0. The second-order valence-electron chi connectivity index (χ2n) is 5.25. The van der Waals surface area contributed by atoms with Crippen LogP contribution >= 0.6 is 0 Å². The zero-order valence-corrected chi connectivity index (χ0v) is 11.2. The maximum atomic E-state index is 12.0. The van der Waals surface area contributed by atoms with Crippen LogP contribution in [0.4, 0.5) is 5.69 Å². The molecule has 0 saturated carbocycles. The summed E-state index contributed by atoms with van der Waals surface area (Å²) < 4.78 is 1.56. The first-order valence-electron chi connectivity index (χ1n) is 6.85. The molecule has 1 aromatic carbocycles. The summed E-state index contributed by atoms with van der Waals surface area (Å²) in [6.07, 6.45) is 6.13. The molecule has 1 aliphatic carbocycles. The van der Waals surface area contributed by atoms with E-state index in [4.69, 9.17) is 5.73 Å². The summed E-state index contributed by atoms with van der Waals surface area (Å²) in [6, 6.07) is 8.64. The normalized spacial score (nSPS) is 17.5. The molecule has 5 nitrogen and oxygen atoms in total. The van der Waals surface area contributed by atoms with Crippen molar-refractivity contribution >= 4 is 11.6 Å². The molecule has 2 aromatic rings. The van der Waals surface area contributed by atoms with Gasteiger partial charge in [0, 0.05) is 12.2 Å². The third kappa shape index (κ3) is 2.82. The fourth-order valence-corrected chi connectivity index (χ4v) is 2.71. The summed E-state index contributed by atoms with van der Waals surface area (Å²) in [4.78, 5) is 12.0. The predicted octanol–water partition coefficient (Wildman–Crippen LogP) is 1.14. The maximum Gasteiger partial charge on any atom is 0.241 e. The third-order valence-electron chi connectivity index (χ3n) is 3.67. The highest BCUT2D eigenvalue weighted by Gasteiger charge is 2.19. The average molecular weight is 270 g/mol. The Kier molecular flexibility index (Phi) is 3.41. The van der Waals surface area contributed by atoms with E-state index >= 15 is 0 Å². The van der Waals surface area contributed by atoms with Gasteiger partial charge in [0.25, 0.3) is 0 Å². The molecule has 5 heteroatoms. The standard InChI is InChI=1S/C15H18N4O/c16-13-8-17-19(9-13)10-15(20)18-14-6-5-11-3-1-2-4-12(11)7-14/h1-4,8-9,14H,5-7,10,16H2,(H,18,20). The summed E-state index contributed by atoms with van der Waals surface area (Å²) in [5.41, 5.74) is 8.89. The molecule has 1 atom stereocenters. The van der Waals surface area contributed by atoms with E-state index in [0.29, 0.717) is 5.69 Å². The van der Waals surface area contributed by atoms with Gasteiger partial charge in [0.1, 0.15) is 6.54 Å². The van der Waals surface area contributed by atoms with Crippen molar-refractivity contribution in [1.82, 2.24) is 15.1 Å². The Morgan fingerprint density at radius 2 is 2.20 bits per heavy atom. The number of rotatable bonds is 3.